The van der Waals surface area contributed by atoms with Gasteiger partial charge in [0.2, 0.25) is 13.1 Å². The molecule has 23 heavy (non-hydrogen) atoms. The highest BCUT2D eigenvalue weighted by Gasteiger charge is 2.11. The van der Waals surface area contributed by atoms with Gasteiger partial charge in [-0.1, -0.05) is 32.6 Å². The summed E-state index contributed by atoms with van der Waals surface area (Å²) in [7, 11) is 0. The average Bonchev–Trinajstić information content (AvgIpc) is 2.54. The second-order valence-electron chi connectivity index (χ2n) is 5.30. The number of ketones is 1. The number of esters is 1. The smallest absolute Gasteiger partial charge is 0.305 e. The predicted molar refractivity (Wildman–Crippen MR) is 86.2 cm³/mol. The van der Waals surface area contributed by atoms with Crippen LogP contribution in [-0.4, -0.2) is 24.8 Å². The van der Waals surface area contributed by atoms with Crippen molar-refractivity contribution in [2.24, 2.45) is 0 Å². The van der Waals surface area contributed by atoms with Crippen molar-refractivity contribution in [1.29, 1.82) is 0 Å². The Morgan fingerprint density at radius 2 is 1.87 bits per heavy atom. The fraction of sp³-hybridized carbons (Fsp3) is 0.500. The minimum Gasteiger partial charge on any atom is -0.457 e. The lowest BCUT2D eigenvalue weighted by Gasteiger charge is -2.09. The second kappa shape index (κ2) is 10.5. The maximum absolute atomic E-state index is 12.1. The summed E-state index contributed by atoms with van der Waals surface area (Å²) in [6.45, 7) is 3.13. The fourth-order valence-electron chi connectivity index (χ4n) is 2.12. The van der Waals surface area contributed by atoms with Gasteiger partial charge >= 0.3 is 5.97 Å². The minimum atomic E-state index is -0.475. The van der Waals surface area contributed by atoms with Crippen molar-refractivity contribution < 1.29 is 23.9 Å². The molecule has 0 spiro atoms. The van der Waals surface area contributed by atoms with Crippen molar-refractivity contribution in [3.8, 4) is 5.75 Å². The maximum Gasteiger partial charge on any atom is 0.305 e. The van der Waals surface area contributed by atoms with E-state index in [1.165, 1.54) is 31.9 Å². The highest BCUT2D eigenvalue weighted by Crippen LogP contribution is 2.20. The summed E-state index contributed by atoms with van der Waals surface area (Å²) in [5.41, 5.74) is 0.618. The van der Waals surface area contributed by atoms with Gasteiger partial charge in [-0.15, -0.1) is 0 Å². The molecule has 125 valence electrons. The number of Topliss-reactive ketones (excluding diaryl/α,β-unsaturated/α-hetero) is 1. The summed E-state index contributed by atoms with van der Waals surface area (Å²) in [5.74, 6) is -0.234. The zero-order chi connectivity index (χ0) is 17.1. The maximum atomic E-state index is 12.1. The lowest BCUT2D eigenvalue weighted by molar-refractivity contribution is -0.147. The van der Waals surface area contributed by atoms with E-state index in [4.69, 9.17) is 4.74 Å². The van der Waals surface area contributed by atoms with Crippen molar-refractivity contribution in [3.63, 3.8) is 0 Å². The Morgan fingerprint density at radius 3 is 2.52 bits per heavy atom. The van der Waals surface area contributed by atoms with Gasteiger partial charge in [0.05, 0.1) is 5.56 Å². The monoisotopic (exact) mass is 319 g/mol. The van der Waals surface area contributed by atoms with Gasteiger partial charge in [0, 0.05) is 18.9 Å². The van der Waals surface area contributed by atoms with Crippen LogP contribution in [0, 0.1) is 0 Å². The number of ether oxygens (including phenoxy) is 2. The van der Waals surface area contributed by atoms with Crippen molar-refractivity contribution >= 4 is 18.0 Å². The molecule has 0 fully saturated rings. The number of rotatable bonds is 11. The van der Waals surface area contributed by atoms with Crippen LogP contribution in [0.2, 0.25) is 0 Å². The van der Waals surface area contributed by atoms with E-state index < -0.39 is 5.97 Å². The molecule has 0 atom stereocenters. The molecular weight excluding hydrogens is 296 g/mol. The van der Waals surface area contributed by atoms with Gasteiger partial charge in [-0.05, 0) is 24.6 Å². The van der Waals surface area contributed by atoms with Crippen LogP contribution in [0.25, 0.3) is 0 Å². The van der Waals surface area contributed by atoms with Gasteiger partial charge in [-0.2, -0.15) is 0 Å². The molecule has 0 saturated heterocycles. The summed E-state index contributed by atoms with van der Waals surface area (Å²) >= 11 is 0. The lowest BCUT2D eigenvalue weighted by atomic mass is 10.0. The molecule has 1 aromatic carbocycles. The van der Waals surface area contributed by atoms with Crippen LogP contribution in [-0.2, 0) is 14.3 Å². The Kier molecular flexibility index (Phi) is 8.65. The number of hydrogen-bond donors (Lipinski definition) is 0. The van der Waals surface area contributed by atoms with Crippen molar-refractivity contribution in [2.45, 2.75) is 52.4 Å². The summed E-state index contributed by atoms with van der Waals surface area (Å²) in [5, 5.41) is 0. The first-order chi connectivity index (χ1) is 11.1. The lowest BCUT2D eigenvalue weighted by Crippen LogP contribution is -2.08. The highest BCUT2D eigenvalue weighted by molar-refractivity contribution is 5.98. The van der Waals surface area contributed by atoms with Gasteiger partial charge in [-0.25, -0.2) is 0 Å². The first-order valence-corrected chi connectivity index (χ1v) is 7.90. The largest absolute Gasteiger partial charge is 0.457 e. The normalized spacial score (nSPS) is 10.2. The highest BCUT2D eigenvalue weighted by atomic mass is 16.7. The molecule has 1 radical (unpaired) electrons. The van der Waals surface area contributed by atoms with Crippen LogP contribution < -0.4 is 4.74 Å². The van der Waals surface area contributed by atoms with E-state index in [-0.39, 0.29) is 23.9 Å². The SMILES string of the molecule is CCCCCCCC(=O)c1ccc(OCOC(C)=O)c([C]=O)c1. The molecule has 0 aliphatic heterocycles. The van der Waals surface area contributed by atoms with Crippen LogP contribution in [0.4, 0.5) is 0 Å². The zero-order valence-electron chi connectivity index (χ0n) is 13.7. The van der Waals surface area contributed by atoms with Crippen molar-refractivity contribution in [1.82, 2.24) is 0 Å². The molecule has 0 aromatic heterocycles. The van der Waals surface area contributed by atoms with Crippen molar-refractivity contribution in [3.05, 3.63) is 29.3 Å². The minimum absolute atomic E-state index is 0.00420. The third-order valence-corrected chi connectivity index (χ3v) is 3.40. The van der Waals surface area contributed by atoms with Crippen LogP contribution in [0.15, 0.2) is 18.2 Å². The third kappa shape index (κ3) is 7.08. The first kappa shape index (κ1) is 18.9. The van der Waals surface area contributed by atoms with E-state index in [9.17, 15) is 14.4 Å². The van der Waals surface area contributed by atoms with E-state index >= 15 is 0 Å². The molecule has 5 heteroatoms. The Hall–Kier alpha value is -2.17. The summed E-state index contributed by atoms with van der Waals surface area (Å²) in [6.07, 6.45) is 7.60. The molecule has 1 aromatic rings. The molecule has 0 unspecified atom stereocenters. The second-order valence-corrected chi connectivity index (χ2v) is 5.30. The van der Waals surface area contributed by atoms with E-state index in [2.05, 4.69) is 11.7 Å². The standard InChI is InChI=1S/C18H23O5/c1-3-4-5-6-7-8-17(21)15-9-10-18(16(11-15)12-19)23-13-22-14(2)20/h9-11H,3-8,13H2,1-2H3. The quantitative estimate of drug-likeness (QED) is 0.270. The molecule has 0 N–H and O–H groups in total. The van der Waals surface area contributed by atoms with Gasteiger partial charge in [0.15, 0.2) is 5.78 Å². The van der Waals surface area contributed by atoms with Crippen LogP contribution in [0.1, 0.15) is 68.3 Å². The van der Waals surface area contributed by atoms with Crippen LogP contribution >= 0.6 is 0 Å². The fourth-order valence-corrected chi connectivity index (χ4v) is 2.12. The predicted octanol–water partition coefficient (Wildman–Crippen LogP) is 3.59. The Morgan fingerprint density at radius 1 is 1.13 bits per heavy atom. The number of carbonyl (C=O) groups excluding carboxylic acids is 3. The van der Waals surface area contributed by atoms with Gasteiger partial charge in [-0.3, -0.25) is 14.4 Å². The van der Waals surface area contributed by atoms with E-state index in [1.54, 1.807) is 12.4 Å². The molecule has 0 aliphatic rings. The third-order valence-electron chi connectivity index (χ3n) is 3.40. The number of carbonyl (C=O) groups is 2. The molecule has 1 rings (SSSR count). The first-order valence-electron chi connectivity index (χ1n) is 7.90. The van der Waals surface area contributed by atoms with E-state index in [0.717, 1.165) is 19.3 Å². The number of benzene rings is 1. The molecule has 0 amide bonds. The number of unbranched alkanes of at least 4 members (excludes halogenated alkanes) is 4. The summed E-state index contributed by atoms with van der Waals surface area (Å²) in [6, 6.07) is 4.59. The molecule has 0 aliphatic carbocycles. The van der Waals surface area contributed by atoms with Crippen LogP contribution in [0.5, 0.6) is 5.75 Å². The van der Waals surface area contributed by atoms with Gasteiger partial charge in [0.1, 0.15) is 5.75 Å². The van der Waals surface area contributed by atoms with Gasteiger partial charge < -0.3 is 9.47 Å². The Labute approximate surface area is 137 Å². The molecular formula is C18H23O5. The topological polar surface area (TPSA) is 69.7 Å². The number of hydrogen-bond acceptors (Lipinski definition) is 5. The summed E-state index contributed by atoms with van der Waals surface area (Å²) < 4.78 is 9.83. The Bertz CT molecular complexity index is 536. The molecule has 0 heterocycles. The molecule has 0 saturated carbocycles. The van der Waals surface area contributed by atoms with Crippen LogP contribution in [0.3, 0.4) is 0 Å². The zero-order valence-corrected chi connectivity index (χ0v) is 13.7. The average molecular weight is 319 g/mol. The van der Waals surface area contributed by atoms with Gasteiger partial charge in [0.25, 0.3) is 0 Å². The molecule has 5 nitrogen and oxygen atoms in total. The van der Waals surface area contributed by atoms with Crippen molar-refractivity contribution in [2.75, 3.05) is 6.79 Å². The Balaban J connectivity index is 2.58. The summed E-state index contributed by atoms with van der Waals surface area (Å²) in [4.78, 5) is 33.8. The van der Waals surface area contributed by atoms with E-state index in [1.807, 2.05) is 0 Å². The molecule has 0 bridgehead atoms. The van der Waals surface area contributed by atoms with E-state index in [0.29, 0.717) is 12.0 Å².